The fraction of sp³-hybridized carbons (Fsp3) is 0.100. The first-order chi connectivity index (χ1) is 13.2. The Morgan fingerprint density at radius 1 is 0.963 bits per heavy atom. The number of aromatic nitrogens is 2. The summed E-state index contributed by atoms with van der Waals surface area (Å²) in [6.07, 6.45) is 3.30. The summed E-state index contributed by atoms with van der Waals surface area (Å²) in [6.45, 7) is 0.543. The van der Waals surface area contributed by atoms with E-state index < -0.39 is 5.97 Å². The van der Waals surface area contributed by atoms with E-state index in [1.165, 1.54) is 7.11 Å². The molecule has 3 aromatic rings. The number of pyridine rings is 2. The van der Waals surface area contributed by atoms with Gasteiger partial charge < -0.3 is 15.4 Å². The molecule has 0 spiro atoms. The molecule has 0 atom stereocenters. The average molecular weight is 362 g/mol. The lowest BCUT2D eigenvalue weighted by Gasteiger charge is -2.09. The molecule has 2 N–H and O–H groups in total. The number of ether oxygens (including phenoxy) is 1. The minimum absolute atomic E-state index is 0.276. The van der Waals surface area contributed by atoms with Crippen LogP contribution in [0.2, 0.25) is 0 Å². The second kappa shape index (κ2) is 8.57. The van der Waals surface area contributed by atoms with Crippen molar-refractivity contribution in [3.63, 3.8) is 0 Å². The molecule has 0 saturated carbocycles. The van der Waals surface area contributed by atoms with Gasteiger partial charge in [-0.2, -0.15) is 0 Å². The van der Waals surface area contributed by atoms with Crippen LogP contribution in [0.25, 0.3) is 0 Å². The van der Waals surface area contributed by atoms with Crippen LogP contribution in [0, 0.1) is 0 Å². The second-order valence-corrected chi connectivity index (χ2v) is 5.63. The van der Waals surface area contributed by atoms with Crippen LogP contribution in [-0.2, 0) is 11.3 Å². The zero-order valence-electron chi connectivity index (χ0n) is 14.7. The number of benzene rings is 1. The average Bonchev–Trinajstić information content (AvgIpc) is 2.73. The van der Waals surface area contributed by atoms with E-state index in [1.54, 1.807) is 48.8 Å². The number of nitrogens with zero attached hydrogens (tertiary/aromatic N) is 2. The van der Waals surface area contributed by atoms with E-state index in [0.717, 1.165) is 11.4 Å². The lowest BCUT2D eigenvalue weighted by Crippen LogP contribution is -2.14. The Morgan fingerprint density at radius 3 is 2.48 bits per heavy atom. The van der Waals surface area contributed by atoms with Gasteiger partial charge >= 0.3 is 5.97 Å². The molecule has 7 heteroatoms. The van der Waals surface area contributed by atoms with E-state index in [1.807, 2.05) is 18.2 Å². The number of anilines is 2. The zero-order chi connectivity index (χ0) is 19.1. The molecule has 0 radical (unpaired) electrons. The van der Waals surface area contributed by atoms with Gasteiger partial charge in [0, 0.05) is 23.8 Å². The monoisotopic (exact) mass is 362 g/mol. The molecule has 2 aromatic heterocycles. The molecule has 0 aliphatic rings. The molecule has 3 rings (SSSR count). The fourth-order valence-electron chi connectivity index (χ4n) is 2.36. The van der Waals surface area contributed by atoms with Crippen molar-refractivity contribution in [2.75, 3.05) is 17.7 Å². The van der Waals surface area contributed by atoms with Crippen molar-refractivity contribution in [3.05, 3.63) is 83.9 Å². The SMILES string of the molecule is COC(=O)c1ccc(NC(=O)c2cc(NCc3ccccn3)ccn2)cc1. The first kappa shape index (κ1) is 18.1. The molecule has 0 bridgehead atoms. The minimum atomic E-state index is -0.429. The summed E-state index contributed by atoms with van der Waals surface area (Å²) in [5, 5.41) is 5.96. The molecular formula is C20H18N4O3. The van der Waals surface area contributed by atoms with Crippen LogP contribution in [0.5, 0.6) is 0 Å². The Hall–Kier alpha value is -3.74. The molecule has 0 aliphatic carbocycles. The van der Waals surface area contributed by atoms with Gasteiger partial charge in [0.2, 0.25) is 0 Å². The zero-order valence-corrected chi connectivity index (χ0v) is 14.7. The van der Waals surface area contributed by atoms with Gasteiger partial charge in [-0.15, -0.1) is 0 Å². The summed E-state index contributed by atoms with van der Waals surface area (Å²) in [5.41, 5.74) is 2.90. The molecule has 0 saturated heterocycles. The Labute approximate surface area is 156 Å². The molecule has 0 aliphatic heterocycles. The van der Waals surface area contributed by atoms with Crippen molar-refractivity contribution in [3.8, 4) is 0 Å². The van der Waals surface area contributed by atoms with Crippen molar-refractivity contribution < 1.29 is 14.3 Å². The smallest absolute Gasteiger partial charge is 0.337 e. The van der Waals surface area contributed by atoms with Crippen LogP contribution in [-0.4, -0.2) is 29.0 Å². The summed E-state index contributed by atoms with van der Waals surface area (Å²) in [6, 6.07) is 15.6. The molecule has 0 unspecified atom stereocenters. The molecule has 136 valence electrons. The Morgan fingerprint density at radius 2 is 1.78 bits per heavy atom. The lowest BCUT2D eigenvalue weighted by atomic mass is 10.2. The molecule has 1 amide bonds. The molecule has 7 nitrogen and oxygen atoms in total. The highest BCUT2D eigenvalue weighted by atomic mass is 16.5. The number of carbonyl (C=O) groups excluding carboxylic acids is 2. The highest BCUT2D eigenvalue weighted by Gasteiger charge is 2.10. The van der Waals surface area contributed by atoms with Gasteiger partial charge in [-0.3, -0.25) is 14.8 Å². The van der Waals surface area contributed by atoms with E-state index in [9.17, 15) is 9.59 Å². The number of nitrogens with one attached hydrogen (secondary N) is 2. The molecule has 2 heterocycles. The highest BCUT2D eigenvalue weighted by Crippen LogP contribution is 2.14. The number of carbonyl (C=O) groups is 2. The van der Waals surface area contributed by atoms with Crippen molar-refractivity contribution in [1.29, 1.82) is 0 Å². The van der Waals surface area contributed by atoms with Crippen molar-refractivity contribution in [1.82, 2.24) is 9.97 Å². The maximum atomic E-state index is 12.4. The maximum Gasteiger partial charge on any atom is 0.337 e. The lowest BCUT2D eigenvalue weighted by molar-refractivity contribution is 0.0600. The summed E-state index contributed by atoms with van der Waals surface area (Å²) >= 11 is 0. The summed E-state index contributed by atoms with van der Waals surface area (Å²) < 4.78 is 4.65. The third-order valence-electron chi connectivity index (χ3n) is 3.76. The van der Waals surface area contributed by atoms with Crippen molar-refractivity contribution in [2.45, 2.75) is 6.54 Å². The van der Waals surface area contributed by atoms with Crippen molar-refractivity contribution in [2.24, 2.45) is 0 Å². The number of hydrogen-bond donors (Lipinski definition) is 2. The van der Waals surface area contributed by atoms with Gasteiger partial charge in [0.05, 0.1) is 24.9 Å². The van der Waals surface area contributed by atoms with Crippen LogP contribution in [0.1, 0.15) is 26.5 Å². The van der Waals surface area contributed by atoms with Gasteiger partial charge in [-0.1, -0.05) is 6.07 Å². The van der Waals surface area contributed by atoms with E-state index in [2.05, 4.69) is 25.3 Å². The standard InChI is InChI=1S/C20H18N4O3/c1-27-20(26)14-5-7-15(8-6-14)24-19(25)18-12-16(9-11-22-18)23-13-17-4-2-3-10-21-17/h2-12H,13H2,1H3,(H,22,23)(H,24,25). The quantitative estimate of drug-likeness (QED) is 0.655. The normalized spacial score (nSPS) is 10.1. The second-order valence-electron chi connectivity index (χ2n) is 5.63. The van der Waals surface area contributed by atoms with Crippen LogP contribution >= 0.6 is 0 Å². The molecule has 27 heavy (non-hydrogen) atoms. The van der Waals surface area contributed by atoms with E-state index >= 15 is 0 Å². The summed E-state index contributed by atoms with van der Waals surface area (Å²) in [4.78, 5) is 32.2. The fourth-order valence-corrected chi connectivity index (χ4v) is 2.36. The first-order valence-corrected chi connectivity index (χ1v) is 8.25. The third-order valence-corrected chi connectivity index (χ3v) is 3.76. The number of amides is 1. The Bertz CT molecular complexity index is 927. The van der Waals surface area contributed by atoms with E-state index in [0.29, 0.717) is 17.8 Å². The molecular weight excluding hydrogens is 344 g/mol. The van der Waals surface area contributed by atoms with E-state index in [-0.39, 0.29) is 11.6 Å². The predicted molar refractivity (Wildman–Crippen MR) is 102 cm³/mol. The minimum Gasteiger partial charge on any atom is -0.465 e. The largest absolute Gasteiger partial charge is 0.465 e. The first-order valence-electron chi connectivity index (χ1n) is 8.25. The summed E-state index contributed by atoms with van der Waals surface area (Å²) in [7, 11) is 1.32. The van der Waals surface area contributed by atoms with E-state index in [4.69, 9.17) is 0 Å². The summed E-state index contributed by atoms with van der Waals surface area (Å²) in [5.74, 6) is -0.775. The number of methoxy groups -OCH3 is 1. The topological polar surface area (TPSA) is 93.2 Å². The molecule has 0 fully saturated rings. The Kier molecular flexibility index (Phi) is 5.73. The Balaban J connectivity index is 1.63. The number of hydrogen-bond acceptors (Lipinski definition) is 6. The molecule has 1 aromatic carbocycles. The van der Waals surface area contributed by atoms with Gasteiger partial charge in [-0.05, 0) is 48.5 Å². The van der Waals surface area contributed by atoms with Gasteiger partial charge in [0.1, 0.15) is 5.69 Å². The van der Waals surface area contributed by atoms with Crippen LogP contribution in [0.3, 0.4) is 0 Å². The predicted octanol–water partition coefficient (Wildman–Crippen LogP) is 3.13. The van der Waals surface area contributed by atoms with Crippen LogP contribution in [0.4, 0.5) is 11.4 Å². The number of esters is 1. The van der Waals surface area contributed by atoms with Gasteiger partial charge in [0.15, 0.2) is 0 Å². The van der Waals surface area contributed by atoms with Crippen molar-refractivity contribution >= 4 is 23.3 Å². The highest BCUT2D eigenvalue weighted by molar-refractivity contribution is 6.03. The van der Waals surface area contributed by atoms with Crippen LogP contribution < -0.4 is 10.6 Å². The van der Waals surface area contributed by atoms with Gasteiger partial charge in [-0.25, -0.2) is 4.79 Å². The third kappa shape index (κ3) is 4.88. The van der Waals surface area contributed by atoms with Crippen LogP contribution in [0.15, 0.2) is 67.0 Å². The number of rotatable bonds is 6. The van der Waals surface area contributed by atoms with Gasteiger partial charge in [0.25, 0.3) is 5.91 Å². The maximum absolute atomic E-state index is 12.4.